The molecule has 0 aliphatic rings. The average Bonchev–Trinajstić information content (AvgIpc) is 2.92. The molecule has 0 atom stereocenters. The Kier molecular flexibility index (Phi) is 6.15. The van der Waals surface area contributed by atoms with Gasteiger partial charge >= 0.3 is 0 Å². The zero-order valence-corrected chi connectivity index (χ0v) is 19.5. The number of rotatable bonds is 7. The number of anilines is 2. The number of nitrogens with zero attached hydrogens (tertiary/aromatic N) is 2. The van der Waals surface area contributed by atoms with Crippen molar-refractivity contribution in [1.82, 2.24) is 9.97 Å². The van der Waals surface area contributed by atoms with Gasteiger partial charge < -0.3 is 20.2 Å². The van der Waals surface area contributed by atoms with E-state index in [1.165, 1.54) is 6.33 Å². The largest absolute Gasteiger partial charge is 0.497 e. The fourth-order valence-corrected chi connectivity index (χ4v) is 4.08. The van der Waals surface area contributed by atoms with Gasteiger partial charge in [0.2, 0.25) is 5.43 Å². The van der Waals surface area contributed by atoms with Crippen molar-refractivity contribution in [3.8, 4) is 16.9 Å². The lowest BCUT2D eigenvalue weighted by molar-refractivity contribution is 0.414. The molecule has 8 nitrogen and oxygen atoms in total. The third-order valence-electron chi connectivity index (χ3n) is 5.83. The number of nitrogens with one attached hydrogen (secondary N) is 2. The van der Waals surface area contributed by atoms with Gasteiger partial charge in [-0.2, -0.15) is 0 Å². The first-order chi connectivity index (χ1) is 17.6. The highest BCUT2D eigenvalue weighted by molar-refractivity contribution is 6.16. The van der Waals surface area contributed by atoms with Gasteiger partial charge in [-0.1, -0.05) is 54.6 Å². The molecule has 0 saturated heterocycles. The third-order valence-corrected chi connectivity index (χ3v) is 5.83. The highest BCUT2D eigenvalue weighted by Gasteiger charge is 2.20. The molecule has 178 valence electrons. The smallest absolute Gasteiger partial charge is 0.200 e. The van der Waals surface area contributed by atoms with Gasteiger partial charge in [-0.05, 0) is 29.8 Å². The number of para-hydroxylation sites is 1. The molecule has 2 aromatic heterocycles. The number of ether oxygens (including phenoxy) is 1. The van der Waals surface area contributed by atoms with Crippen LogP contribution in [-0.2, 0) is 6.54 Å². The van der Waals surface area contributed by atoms with E-state index in [0.717, 1.165) is 5.56 Å². The van der Waals surface area contributed by atoms with Gasteiger partial charge in [-0.15, -0.1) is 0 Å². The maximum absolute atomic E-state index is 13.5. The number of aromatic nitrogens is 2. The van der Waals surface area contributed by atoms with Crippen molar-refractivity contribution < 1.29 is 9.15 Å². The van der Waals surface area contributed by atoms with Crippen molar-refractivity contribution in [2.24, 2.45) is 0 Å². The van der Waals surface area contributed by atoms with E-state index < -0.39 is 0 Å². The SMILES string of the molecule is COc1cccc(C(=N)c2c(N)ncnc2NCc2oc3ccccc3c(=O)c2-c2ccccc2)c1. The number of hydrogen-bond acceptors (Lipinski definition) is 8. The van der Waals surface area contributed by atoms with Crippen LogP contribution < -0.4 is 21.2 Å². The maximum atomic E-state index is 13.5. The minimum absolute atomic E-state index is 0.119. The summed E-state index contributed by atoms with van der Waals surface area (Å²) in [5, 5.41) is 12.5. The molecule has 0 saturated carbocycles. The Balaban J connectivity index is 1.56. The molecule has 5 rings (SSSR count). The lowest BCUT2D eigenvalue weighted by atomic mass is 10.0. The van der Waals surface area contributed by atoms with Crippen LogP contribution in [0, 0.1) is 5.41 Å². The van der Waals surface area contributed by atoms with Crippen LogP contribution in [0.2, 0.25) is 0 Å². The Morgan fingerprint density at radius 3 is 2.61 bits per heavy atom. The zero-order chi connectivity index (χ0) is 25.1. The summed E-state index contributed by atoms with van der Waals surface area (Å²) in [5.41, 5.74) is 8.85. The van der Waals surface area contributed by atoms with E-state index in [9.17, 15) is 4.79 Å². The van der Waals surface area contributed by atoms with Crippen LogP contribution in [0.15, 0.2) is 94.4 Å². The third kappa shape index (κ3) is 4.27. The Labute approximate surface area is 206 Å². The van der Waals surface area contributed by atoms with Crippen LogP contribution in [-0.4, -0.2) is 22.8 Å². The molecule has 8 heteroatoms. The molecule has 0 spiro atoms. The van der Waals surface area contributed by atoms with Crippen molar-refractivity contribution in [3.05, 3.63) is 112 Å². The van der Waals surface area contributed by atoms with E-state index >= 15 is 0 Å². The van der Waals surface area contributed by atoms with Crippen LogP contribution in [0.3, 0.4) is 0 Å². The van der Waals surface area contributed by atoms with Crippen LogP contribution >= 0.6 is 0 Å². The van der Waals surface area contributed by atoms with Gasteiger partial charge in [0.05, 0.1) is 35.9 Å². The van der Waals surface area contributed by atoms with Crippen molar-refractivity contribution in [2.45, 2.75) is 6.54 Å². The number of methoxy groups -OCH3 is 1. The lowest BCUT2D eigenvalue weighted by Crippen LogP contribution is -2.16. The molecular weight excluding hydrogens is 454 g/mol. The topological polar surface area (TPSA) is 127 Å². The lowest BCUT2D eigenvalue weighted by Gasteiger charge is -2.15. The number of hydrogen-bond donors (Lipinski definition) is 3. The number of nitrogens with two attached hydrogens (primary N) is 1. The first-order valence-corrected chi connectivity index (χ1v) is 11.2. The van der Waals surface area contributed by atoms with E-state index in [1.54, 1.807) is 43.5 Å². The summed E-state index contributed by atoms with van der Waals surface area (Å²) < 4.78 is 11.5. The van der Waals surface area contributed by atoms with Gasteiger partial charge in [-0.25, -0.2) is 9.97 Å². The summed E-state index contributed by atoms with van der Waals surface area (Å²) in [6.45, 7) is 0.138. The van der Waals surface area contributed by atoms with Crippen LogP contribution in [0.1, 0.15) is 16.9 Å². The molecule has 0 aliphatic heterocycles. The molecule has 5 aromatic rings. The average molecular weight is 478 g/mol. The highest BCUT2D eigenvalue weighted by atomic mass is 16.5. The second-order valence-electron chi connectivity index (χ2n) is 8.03. The summed E-state index contributed by atoms with van der Waals surface area (Å²) in [4.78, 5) is 21.9. The second-order valence-corrected chi connectivity index (χ2v) is 8.03. The molecule has 0 bridgehead atoms. The van der Waals surface area contributed by atoms with E-state index in [0.29, 0.717) is 45.0 Å². The predicted molar refractivity (Wildman–Crippen MR) is 141 cm³/mol. The first kappa shape index (κ1) is 22.8. The summed E-state index contributed by atoms with van der Waals surface area (Å²) in [7, 11) is 1.57. The van der Waals surface area contributed by atoms with Crippen molar-refractivity contribution in [2.75, 3.05) is 18.2 Å². The van der Waals surface area contributed by atoms with Crippen molar-refractivity contribution in [1.29, 1.82) is 5.41 Å². The Hall–Kier alpha value is -4.98. The molecule has 0 amide bonds. The second kappa shape index (κ2) is 9.71. The Bertz CT molecular complexity index is 1630. The fraction of sp³-hybridized carbons (Fsp3) is 0.0714. The van der Waals surface area contributed by atoms with E-state index in [2.05, 4.69) is 15.3 Å². The number of fused-ring (bicyclic) bond motifs is 1. The molecule has 36 heavy (non-hydrogen) atoms. The summed E-state index contributed by atoms with van der Waals surface area (Å²) in [6.07, 6.45) is 1.33. The first-order valence-electron chi connectivity index (χ1n) is 11.2. The van der Waals surface area contributed by atoms with E-state index in [4.69, 9.17) is 20.3 Å². The van der Waals surface area contributed by atoms with Gasteiger partial charge in [0.15, 0.2) is 0 Å². The summed E-state index contributed by atoms with van der Waals surface area (Å²) >= 11 is 0. The standard InChI is InChI=1S/C28H23N5O3/c1-35-19-11-7-10-18(14-19)25(29)24-27(30)32-16-33-28(24)31-15-22-23(17-8-3-2-4-9-17)26(34)20-12-5-6-13-21(20)36-22/h2-14,16,29H,15H2,1H3,(H3,30,31,32,33). The maximum Gasteiger partial charge on any atom is 0.200 e. The minimum Gasteiger partial charge on any atom is -0.497 e. The quantitative estimate of drug-likeness (QED) is 0.285. The molecule has 2 heterocycles. The normalized spacial score (nSPS) is 10.8. The van der Waals surface area contributed by atoms with Crippen molar-refractivity contribution >= 4 is 28.3 Å². The van der Waals surface area contributed by atoms with Crippen LogP contribution in [0.5, 0.6) is 5.75 Å². The predicted octanol–water partition coefficient (Wildman–Crippen LogP) is 4.87. The molecule has 4 N–H and O–H groups in total. The van der Waals surface area contributed by atoms with Gasteiger partial charge in [-0.3, -0.25) is 10.2 Å². The van der Waals surface area contributed by atoms with Gasteiger partial charge in [0.1, 0.15) is 35.1 Å². The highest BCUT2D eigenvalue weighted by Crippen LogP contribution is 2.27. The fourth-order valence-electron chi connectivity index (χ4n) is 4.08. The number of nitrogen functional groups attached to an aromatic ring is 1. The molecule has 3 aromatic carbocycles. The molecule has 0 unspecified atom stereocenters. The van der Waals surface area contributed by atoms with Crippen molar-refractivity contribution in [3.63, 3.8) is 0 Å². The summed E-state index contributed by atoms with van der Waals surface area (Å²) in [5.74, 6) is 1.57. The Morgan fingerprint density at radius 2 is 1.81 bits per heavy atom. The molecule has 0 aliphatic carbocycles. The number of benzene rings is 3. The zero-order valence-electron chi connectivity index (χ0n) is 19.5. The monoisotopic (exact) mass is 477 g/mol. The molecule has 0 fully saturated rings. The molecule has 0 radical (unpaired) electrons. The Morgan fingerprint density at radius 1 is 1.03 bits per heavy atom. The summed E-state index contributed by atoms with van der Waals surface area (Å²) in [6, 6.07) is 23.7. The van der Waals surface area contributed by atoms with Crippen LogP contribution in [0.4, 0.5) is 11.6 Å². The van der Waals surface area contributed by atoms with Gasteiger partial charge in [0, 0.05) is 5.56 Å². The molecular formula is C28H23N5O3. The minimum atomic E-state index is -0.119. The van der Waals surface area contributed by atoms with Gasteiger partial charge in [0.25, 0.3) is 0 Å². The van der Waals surface area contributed by atoms with E-state index in [1.807, 2.05) is 42.5 Å². The van der Waals surface area contributed by atoms with Crippen LogP contribution in [0.25, 0.3) is 22.1 Å². The van der Waals surface area contributed by atoms with E-state index in [-0.39, 0.29) is 23.5 Å².